The zero-order chi connectivity index (χ0) is 24.6. The van der Waals surface area contributed by atoms with Crippen LogP contribution in [0.25, 0.3) is 11.1 Å². The number of aromatic nitrogens is 3. The van der Waals surface area contributed by atoms with Crippen LogP contribution in [0.2, 0.25) is 0 Å². The molecule has 1 aliphatic rings. The number of benzene rings is 2. The molecule has 184 valence electrons. The van der Waals surface area contributed by atoms with E-state index >= 15 is 0 Å². The van der Waals surface area contributed by atoms with Gasteiger partial charge < -0.3 is 15.4 Å². The Morgan fingerprint density at radius 3 is 2.83 bits per heavy atom. The molecular weight excluding hydrogens is 471 g/mol. The minimum Gasteiger partial charge on any atom is -0.442 e. The Bertz CT molecular complexity index is 1140. The lowest BCUT2D eigenvalue weighted by atomic mass is 10.0. The van der Waals surface area contributed by atoms with Crippen molar-refractivity contribution in [3.05, 3.63) is 60.0 Å². The van der Waals surface area contributed by atoms with E-state index in [-0.39, 0.29) is 19.0 Å². The number of carbonyl (C=O) groups excluding carboxylic acids is 2. The smallest absolute Gasteiger partial charge is 0.414 e. The van der Waals surface area contributed by atoms with Gasteiger partial charge >= 0.3 is 6.09 Å². The molecule has 4 rings (SSSR count). The van der Waals surface area contributed by atoms with Gasteiger partial charge in [0.1, 0.15) is 16.9 Å². The molecule has 3 N–H and O–H groups in total. The largest absolute Gasteiger partial charge is 0.442 e. The topological polar surface area (TPSA) is 112 Å². The normalized spacial score (nSPS) is 15.3. The first kappa shape index (κ1) is 24.7. The molecule has 1 fully saturated rings. The number of hydrogen-bond acceptors (Lipinski definition) is 7. The minimum absolute atomic E-state index is 0.199. The van der Waals surface area contributed by atoms with E-state index in [2.05, 4.69) is 26.0 Å². The number of nitrogens with zero attached hydrogens (tertiary/aromatic N) is 3. The fraction of sp³-hybridized carbons (Fsp3) is 0.333. The Morgan fingerprint density at radius 2 is 2.11 bits per heavy atom. The molecule has 1 unspecified atom stereocenters. The van der Waals surface area contributed by atoms with Crippen LogP contribution >= 0.6 is 11.8 Å². The fourth-order valence-electron chi connectivity index (χ4n) is 3.67. The van der Waals surface area contributed by atoms with Gasteiger partial charge in [-0.2, -0.15) is 10.3 Å². The molecule has 2 heterocycles. The third kappa shape index (κ3) is 6.80. The van der Waals surface area contributed by atoms with E-state index in [4.69, 9.17) is 4.74 Å². The van der Waals surface area contributed by atoms with Crippen LogP contribution in [0.5, 0.6) is 0 Å². The molecule has 1 aromatic heterocycles. The van der Waals surface area contributed by atoms with Gasteiger partial charge in [0.2, 0.25) is 5.91 Å². The summed E-state index contributed by atoms with van der Waals surface area (Å²) in [6, 6.07) is 12.4. The molecule has 9 nitrogen and oxygen atoms in total. The molecule has 3 aromatic rings. The van der Waals surface area contributed by atoms with Crippen molar-refractivity contribution in [3.63, 3.8) is 0 Å². The van der Waals surface area contributed by atoms with Gasteiger partial charge in [-0.15, -0.1) is 16.9 Å². The zero-order valence-corrected chi connectivity index (χ0v) is 20.1. The highest BCUT2D eigenvalue weighted by atomic mass is 32.2. The highest BCUT2D eigenvalue weighted by Crippen LogP contribution is 2.29. The number of H-pyrrole nitrogens is 1. The number of aromatic amines is 1. The van der Waals surface area contributed by atoms with Crippen LogP contribution < -0.4 is 15.5 Å². The lowest BCUT2D eigenvalue weighted by Gasteiger charge is -2.15. The number of anilines is 1. The van der Waals surface area contributed by atoms with Crippen molar-refractivity contribution in [2.24, 2.45) is 0 Å². The molecule has 1 saturated heterocycles. The number of rotatable bonds is 11. The fourth-order valence-corrected chi connectivity index (χ4v) is 4.40. The second-order valence-corrected chi connectivity index (χ2v) is 9.22. The lowest BCUT2D eigenvalue weighted by Crippen LogP contribution is -2.33. The molecule has 2 aromatic carbocycles. The van der Waals surface area contributed by atoms with Crippen LogP contribution in [0.3, 0.4) is 0 Å². The molecule has 2 amide bonds. The van der Waals surface area contributed by atoms with Crippen LogP contribution in [0.1, 0.15) is 18.9 Å². The van der Waals surface area contributed by atoms with Crippen molar-refractivity contribution >= 4 is 29.4 Å². The monoisotopic (exact) mass is 498 g/mol. The first-order chi connectivity index (χ1) is 17.0. The molecule has 1 atom stereocenters. The Kier molecular flexibility index (Phi) is 8.32. The van der Waals surface area contributed by atoms with Gasteiger partial charge in [0, 0.05) is 24.8 Å². The summed E-state index contributed by atoms with van der Waals surface area (Å²) in [5.41, 5.74) is 2.75. The Balaban J connectivity index is 1.27. The molecule has 0 aliphatic carbocycles. The quantitative estimate of drug-likeness (QED) is 0.275. The summed E-state index contributed by atoms with van der Waals surface area (Å²) in [6.45, 7) is 3.48. The van der Waals surface area contributed by atoms with E-state index in [9.17, 15) is 14.0 Å². The van der Waals surface area contributed by atoms with Crippen LogP contribution in [0.4, 0.5) is 14.9 Å². The molecular formula is C24H27FN6O3S. The second-order valence-electron chi connectivity index (χ2n) is 8.10. The number of halogens is 1. The van der Waals surface area contributed by atoms with Gasteiger partial charge in [0.15, 0.2) is 0 Å². The first-order valence-electron chi connectivity index (χ1n) is 11.3. The van der Waals surface area contributed by atoms with Crippen molar-refractivity contribution < 1.29 is 18.7 Å². The Morgan fingerprint density at radius 1 is 1.29 bits per heavy atom. The van der Waals surface area contributed by atoms with Gasteiger partial charge in [-0.1, -0.05) is 24.3 Å². The number of ether oxygens (including phenoxy) is 1. The third-order valence-corrected chi connectivity index (χ3v) is 6.44. The average molecular weight is 499 g/mol. The van der Waals surface area contributed by atoms with E-state index in [0.29, 0.717) is 11.3 Å². The maximum atomic E-state index is 14.9. The predicted octanol–water partition coefficient (Wildman–Crippen LogP) is 3.34. The van der Waals surface area contributed by atoms with Gasteiger partial charge in [-0.3, -0.25) is 9.69 Å². The van der Waals surface area contributed by atoms with Crippen molar-refractivity contribution in [3.8, 4) is 11.1 Å². The van der Waals surface area contributed by atoms with Crippen molar-refractivity contribution in [1.29, 1.82) is 0 Å². The third-order valence-electron chi connectivity index (χ3n) is 5.45. The van der Waals surface area contributed by atoms with Crippen molar-refractivity contribution in [2.75, 3.05) is 30.3 Å². The van der Waals surface area contributed by atoms with Crippen molar-refractivity contribution in [2.45, 2.75) is 31.0 Å². The number of amides is 2. The molecule has 1 aliphatic heterocycles. The lowest BCUT2D eigenvalue weighted by molar-refractivity contribution is -0.119. The molecule has 0 bridgehead atoms. The number of thioether (sulfide) groups is 1. The van der Waals surface area contributed by atoms with E-state index in [1.165, 1.54) is 17.9 Å². The van der Waals surface area contributed by atoms with Crippen LogP contribution in [0.15, 0.2) is 53.7 Å². The van der Waals surface area contributed by atoms with Crippen molar-refractivity contribution in [1.82, 2.24) is 26.0 Å². The van der Waals surface area contributed by atoms with Gasteiger partial charge in [0.05, 0.1) is 25.0 Å². The zero-order valence-electron chi connectivity index (χ0n) is 19.3. The number of carbonyl (C=O) groups is 2. The van der Waals surface area contributed by atoms with E-state index in [1.807, 2.05) is 24.3 Å². The van der Waals surface area contributed by atoms with Gasteiger partial charge in [-0.25, -0.2) is 9.18 Å². The summed E-state index contributed by atoms with van der Waals surface area (Å²) in [7, 11) is 0. The molecule has 11 heteroatoms. The molecule has 35 heavy (non-hydrogen) atoms. The highest BCUT2D eigenvalue weighted by molar-refractivity contribution is 7.99. The summed E-state index contributed by atoms with van der Waals surface area (Å²) in [6.07, 6.45) is 1.69. The molecule has 0 radical (unpaired) electrons. The second kappa shape index (κ2) is 11.8. The standard InChI is InChI=1S/C24H27FN6O3S/c1-16(32)27-13-20-15-31(24(33)34-20)19-7-8-21(22(25)11-19)18-5-3-17(4-6-18)12-26-9-2-10-35-23-14-28-30-29-23/h3-8,11,14,20,26H,2,9-10,12-13,15H2,1H3,(H,27,32)(H,28,29,30). The molecule has 0 saturated carbocycles. The maximum Gasteiger partial charge on any atom is 0.414 e. The predicted molar refractivity (Wildman–Crippen MR) is 132 cm³/mol. The van der Waals surface area contributed by atoms with Gasteiger partial charge in [-0.05, 0) is 42.3 Å². The minimum atomic E-state index is -0.555. The van der Waals surface area contributed by atoms with Crippen LogP contribution in [-0.4, -0.2) is 58.9 Å². The summed E-state index contributed by atoms with van der Waals surface area (Å²) >= 11 is 1.66. The first-order valence-corrected chi connectivity index (χ1v) is 12.3. The summed E-state index contributed by atoms with van der Waals surface area (Å²) in [4.78, 5) is 24.6. The Hall–Kier alpha value is -3.44. The highest BCUT2D eigenvalue weighted by Gasteiger charge is 2.32. The Labute approximate surface area is 206 Å². The average Bonchev–Trinajstić information content (AvgIpc) is 3.50. The summed E-state index contributed by atoms with van der Waals surface area (Å²) in [5.74, 6) is 0.338. The maximum absolute atomic E-state index is 14.9. The number of cyclic esters (lactones) is 1. The number of nitrogens with one attached hydrogen (secondary N) is 3. The molecule has 0 spiro atoms. The van der Waals surface area contributed by atoms with Gasteiger partial charge in [0.25, 0.3) is 0 Å². The summed E-state index contributed by atoms with van der Waals surface area (Å²) < 4.78 is 20.2. The number of hydrogen-bond donors (Lipinski definition) is 3. The van der Waals surface area contributed by atoms with Crippen LogP contribution in [-0.2, 0) is 16.1 Å². The van der Waals surface area contributed by atoms with E-state index in [1.54, 1.807) is 30.1 Å². The van der Waals surface area contributed by atoms with E-state index in [0.717, 1.165) is 41.4 Å². The SMILES string of the molecule is CC(=O)NCC1CN(c2ccc(-c3ccc(CNCCCSc4cn[nH]n4)cc3)c(F)c2)C(=O)O1. The van der Waals surface area contributed by atoms with E-state index < -0.39 is 18.0 Å². The van der Waals surface area contributed by atoms with Crippen LogP contribution in [0, 0.1) is 5.82 Å². The summed E-state index contributed by atoms with van der Waals surface area (Å²) in [5, 5.41) is 17.3.